The zero-order chi connectivity index (χ0) is 15.5. The zero-order valence-corrected chi connectivity index (χ0v) is 12.4. The molecule has 1 aromatic heterocycles. The summed E-state index contributed by atoms with van der Waals surface area (Å²) >= 11 is 0. The maximum absolute atomic E-state index is 5.61. The lowest BCUT2D eigenvalue weighted by Gasteiger charge is -2.07. The van der Waals surface area contributed by atoms with Crippen LogP contribution in [0.4, 0.5) is 5.69 Å². The van der Waals surface area contributed by atoms with Gasteiger partial charge in [-0.1, -0.05) is 12.1 Å². The van der Waals surface area contributed by atoms with Crippen LogP contribution in [0.3, 0.4) is 0 Å². The molecule has 5 nitrogen and oxygen atoms in total. The van der Waals surface area contributed by atoms with E-state index in [0.717, 1.165) is 27.9 Å². The molecule has 0 saturated heterocycles. The quantitative estimate of drug-likeness (QED) is 0.593. The fourth-order valence-corrected chi connectivity index (χ4v) is 2.25. The molecule has 0 amide bonds. The summed E-state index contributed by atoms with van der Waals surface area (Å²) in [6.45, 7) is 1.76. The van der Waals surface area contributed by atoms with Crippen LogP contribution in [0.15, 0.2) is 53.7 Å². The number of ether oxygens (including phenoxy) is 1. The van der Waals surface area contributed by atoms with Gasteiger partial charge in [-0.3, -0.25) is 0 Å². The molecule has 0 spiro atoms. The molecular formula is C17H16N4O. The van der Waals surface area contributed by atoms with Crippen LogP contribution in [0, 0.1) is 0 Å². The van der Waals surface area contributed by atoms with Crippen molar-refractivity contribution in [3.05, 3.63) is 48.7 Å². The fraction of sp³-hybridized carbons (Fsp3) is 0.118. The third-order valence-corrected chi connectivity index (χ3v) is 3.22. The Kier molecular flexibility index (Phi) is 3.70. The Labute approximate surface area is 128 Å². The Balaban J connectivity index is 2.09. The summed E-state index contributed by atoms with van der Waals surface area (Å²) in [4.78, 5) is 13.3. The number of para-hydroxylation sites is 1. The van der Waals surface area contributed by atoms with Crippen molar-refractivity contribution in [1.82, 2.24) is 9.97 Å². The minimum absolute atomic E-state index is 0.519. The number of nitrogens with zero attached hydrogens (tertiary/aromatic N) is 3. The van der Waals surface area contributed by atoms with E-state index in [1.54, 1.807) is 20.2 Å². The third-order valence-electron chi connectivity index (χ3n) is 3.22. The van der Waals surface area contributed by atoms with Gasteiger partial charge in [-0.15, -0.1) is 0 Å². The van der Waals surface area contributed by atoms with Crippen LogP contribution in [-0.4, -0.2) is 22.9 Å². The number of amidine groups is 1. The molecule has 0 fully saturated rings. The average Bonchev–Trinajstić information content (AvgIpc) is 2.53. The first-order valence-electron chi connectivity index (χ1n) is 6.88. The largest absolute Gasteiger partial charge is 0.496 e. The lowest BCUT2D eigenvalue weighted by atomic mass is 10.1. The van der Waals surface area contributed by atoms with Crippen molar-refractivity contribution in [1.29, 1.82) is 0 Å². The highest BCUT2D eigenvalue weighted by Gasteiger charge is 2.08. The molecule has 2 aromatic carbocycles. The Hall–Kier alpha value is -2.95. The third kappa shape index (κ3) is 2.74. The monoisotopic (exact) mass is 292 g/mol. The number of aliphatic imine (C=N–C) groups is 1. The van der Waals surface area contributed by atoms with Gasteiger partial charge in [0, 0.05) is 11.6 Å². The molecule has 0 atom stereocenters. The standard InChI is InChI=1S/C17H16N4O/c1-11(18)20-13-7-8-15-12(9-13)10-19-17(21-15)14-5-3-4-6-16(14)22-2/h3-10H,1-2H3,(H2,18,20). The second-order valence-corrected chi connectivity index (χ2v) is 4.89. The fourth-order valence-electron chi connectivity index (χ4n) is 2.25. The van der Waals surface area contributed by atoms with Gasteiger partial charge in [-0.2, -0.15) is 0 Å². The summed E-state index contributed by atoms with van der Waals surface area (Å²) in [5.74, 6) is 1.91. The second-order valence-electron chi connectivity index (χ2n) is 4.89. The zero-order valence-electron chi connectivity index (χ0n) is 12.4. The average molecular weight is 292 g/mol. The Morgan fingerprint density at radius 1 is 1.18 bits per heavy atom. The number of fused-ring (bicyclic) bond motifs is 1. The molecule has 3 rings (SSSR count). The SMILES string of the molecule is COc1ccccc1-c1ncc2cc(N=C(C)N)ccc2n1. The molecule has 0 aliphatic carbocycles. The predicted octanol–water partition coefficient (Wildman–Crippen LogP) is 3.31. The summed E-state index contributed by atoms with van der Waals surface area (Å²) in [5, 5.41) is 0.918. The van der Waals surface area contributed by atoms with Crippen LogP contribution in [0.25, 0.3) is 22.3 Å². The number of nitrogens with two attached hydrogens (primary N) is 1. The Morgan fingerprint density at radius 2 is 2.00 bits per heavy atom. The molecule has 110 valence electrons. The first-order chi connectivity index (χ1) is 10.7. The van der Waals surface area contributed by atoms with Crippen LogP contribution in [0.5, 0.6) is 5.75 Å². The van der Waals surface area contributed by atoms with E-state index in [0.29, 0.717) is 11.7 Å². The summed E-state index contributed by atoms with van der Waals surface area (Å²) in [5.41, 5.74) is 8.12. The van der Waals surface area contributed by atoms with E-state index in [2.05, 4.69) is 15.0 Å². The maximum atomic E-state index is 5.61. The minimum Gasteiger partial charge on any atom is -0.496 e. The van der Waals surface area contributed by atoms with Crippen LogP contribution >= 0.6 is 0 Å². The van der Waals surface area contributed by atoms with Gasteiger partial charge >= 0.3 is 0 Å². The van der Waals surface area contributed by atoms with Crippen molar-refractivity contribution in [2.24, 2.45) is 10.7 Å². The van der Waals surface area contributed by atoms with Crippen LogP contribution in [0.2, 0.25) is 0 Å². The van der Waals surface area contributed by atoms with Gasteiger partial charge in [0.25, 0.3) is 0 Å². The van der Waals surface area contributed by atoms with Crippen molar-refractivity contribution >= 4 is 22.4 Å². The molecule has 1 heterocycles. The maximum Gasteiger partial charge on any atom is 0.163 e. The van der Waals surface area contributed by atoms with E-state index in [4.69, 9.17) is 10.5 Å². The summed E-state index contributed by atoms with van der Waals surface area (Å²) in [7, 11) is 1.64. The van der Waals surface area contributed by atoms with Crippen molar-refractivity contribution in [3.63, 3.8) is 0 Å². The molecule has 22 heavy (non-hydrogen) atoms. The molecule has 0 bridgehead atoms. The number of methoxy groups -OCH3 is 1. The van der Waals surface area contributed by atoms with Gasteiger partial charge in [0.2, 0.25) is 0 Å². The summed E-state index contributed by atoms with van der Waals surface area (Å²) in [6, 6.07) is 13.4. The normalized spacial score (nSPS) is 11.6. The topological polar surface area (TPSA) is 73.4 Å². The molecule has 0 unspecified atom stereocenters. The first kappa shape index (κ1) is 14.0. The highest BCUT2D eigenvalue weighted by atomic mass is 16.5. The van der Waals surface area contributed by atoms with Gasteiger partial charge in [-0.05, 0) is 37.3 Å². The van der Waals surface area contributed by atoms with Crippen molar-refractivity contribution in [2.45, 2.75) is 6.92 Å². The summed E-state index contributed by atoms with van der Waals surface area (Å²) < 4.78 is 5.36. The van der Waals surface area contributed by atoms with Crippen LogP contribution < -0.4 is 10.5 Å². The minimum atomic E-state index is 0.519. The lowest BCUT2D eigenvalue weighted by Crippen LogP contribution is -2.03. The number of benzene rings is 2. The second kappa shape index (κ2) is 5.81. The van der Waals surface area contributed by atoms with E-state index < -0.39 is 0 Å². The predicted molar refractivity (Wildman–Crippen MR) is 88.5 cm³/mol. The molecule has 0 radical (unpaired) electrons. The van der Waals surface area contributed by atoms with Gasteiger partial charge in [0.15, 0.2) is 5.82 Å². The van der Waals surface area contributed by atoms with Crippen molar-refractivity contribution in [3.8, 4) is 17.1 Å². The van der Waals surface area contributed by atoms with E-state index in [1.807, 2.05) is 42.5 Å². The molecule has 0 aliphatic heterocycles. The van der Waals surface area contributed by atoms with Gasteiger partial charge in [0.05, 0.1) is 29.7 Å². The molecular weight excluding hydrogens is 276 g/mol. The van der Waals surface area contributed by atoms with E-state index >= 15 is 0 Å². The van der Waals surface area contributed by atoms with Crippen LogP contribution in [0.1, 0.15) is 6.92 Å². The van der Waals surface area contributed by atoms with Gasteiger partial charge in [-0.25, -0.2) is 15.0 Å². The molecule has 3 aromatic rings. The Bertz CT molecular complexity index is 854. The van der Waals surface area contributed by atoms with E-state index in [1.165, 1.54) is 0 Å². The van der Waals surface area contributed by atoms with Gasteiger partial charge < -0.3 is 10.5 Å². The molecule has 2 N–H and O–H groups in total. The Morgan fingerprint density at radius 3 is 2.77 bits per heavy atom. The highest BCUT2D eigenvalue weighted by Crippen LogP contribution is 2.28. The first-order valence-corrected chi connectivity index (χ1v) is 6.88. The van der Waals surface area contributed by atoms with Crippen molar-refractivity contribution in [2.75, 3.05) is 7.11 Å². The smallest absolute Gasteiger partial charge is 0.163 e. The lowest BCUT2D eigenvalue weighted by molar-refractivity contribution is 0.416. The molecule has 5 heteroatoms. The molecule has 0 aliphatic rings. The number of aromatic nitrogens is 2. The number of hydrogen-bond acceptors (Lipinski definition) is 4. The van der Waals surface area contributed by atoms with Crippen molar-refractivity contribution < 1.29 is 4.74 Å². The summed E-state index contributed by atoms with van der Waals surface area (Å²) in [6.07, 6.45) is 1.79. The highest BCUT2D eigenvalue weighted by molar-refractivity contribution is 5.86. The van der Waals surface area contributed by atoms with Crippen LogP contribution in [-0.2, 0) is 0 Å². The van der Waals surface area contributed by atoms with Gasteiger partial charge in [0.1, 0.15) is 5.75 Å². The van der Waals surface area contributed by atoms with E-state index in [9.17, 15) is 0 Å². The number of rotatable bonds is 3. The van der Waals surface area contributed by atoms with E-state index in [-0.39, 0.29) is 0 Å². The number of hydrogen-bond donors (Lipinski definition) is 1. The molecule has 0 saturated carbocycles.